The number of hydrogen-bond donors (Lipinski definition) is 1. The maximum Gasteiger partial charge on any atom is 0.141 e. The van der Waals surface area contributed by atoms with Crippen LogP contribution in [0.4, 0.5) is 0 Å². The summed E-state index contributed by atoms with van der Waals surface area (Å²) < 4.78 is 13.2. The van der Waals surface area contributed by atoms with Crippen LogP contribution in [0.15, 0.2) is 6.20 Å². The number of hydrogen-bond acceptors (Lipinski definition) is 6. The van der Waals surface area contributed by atoms with Gasteiger partial charge in [-0.25, -0.2) is 4.68 Å². The predicted molar refractivity (Wildman–Crippen MR) is 97.5 cm³/mol. The molecule has 0 spiro atoms. The quantitative estimate of drug-likeness (QED) is 0.548. The third-order valence-corrected chi connectivity index (χ3v) is 4.25. The van der Waals surface area contributed by atoms with Crippen molar-refractivity contribution in [3.8, 4) is 0 Å². The molecular formula is C18H34N4O3. The molecule has 7 heteroatoms. The third-order valence-electron chi connectivity index (χ3n) is 4.25. The van der Waals surface area contributed by atoms with Crippen molar-refractivity contribution >= 4 is 5.78 Å². The van der Waals surface area contributed by atoms with Crippen molar-refractivity contribution in [2.75, 3.05) is 26.8 Å². The molecule has 0 aliphatic heterocycles. The van der Waals surface area contributed by atoms with Crippen LogP contribution in [0.25, 0.3) is 0 Å². The largest absolute Gasteiger partial charge is 0.376 e. The number of carbonyl (C=O) groups excluding carboxylic acids is 1. The zero-order valence-electron chi connectivity index (χ0n) is 16.6. The van der Waals surface area contributed by atoms with E-state index in [9.17, 15) is 4.79 Å². The number of Topliss-reactive ketones (excluding diaryl/α,β-unsaturated/α-hetero) is 1. The van der Waals surface area contributed by atoms with Crippen LogP contribution in [-0.4, -0.2) is 53.2 Å². The summed E-state index contributed by atoms with van der Waals surface area (Å²) in [6.45, 7) is 12.4. The Hall–Kier alpha value is -1.31. The van der Waals surface area contributed by atoms with Crippen LogP contribution in [0.5, 0.6) is 0 Å². The molecule has 7 nitrogen and oxygen atoms in total. The third kappa shape index (κ3) is 8.56. The number of nitrogens with zero attached hydrogens (tertiary/aromatic N) is 3. The van der Waals surface area contributed by atoms with Gasteiger partial charge in [0.2, 0.25) is 0 Å². The van der Waals surface area contributed by atoms with E-state index in [0.717, 1.165) is 25.1 Å². The summed E-state index contributed by atoms with van der Waals surface area (Å²) in [6.07, 6.45) is 4.05. The Morgan fingerprint density at radius 1 is 1.24 bits per heavy atom. The van der Waals surface area contributed by atoms with Gasteiger partial charge in [-0.05, 0) is 40.7 Å². The van der Waals surface area contributed by atoms with Gasteiger partial charge in [-0.1, -0.05) is 19.1 Å². The first-order valence-electron chi connectivity index (χ1n) is 8.93. The van der Waals surface area contributed by atoms with Gasteiger partial charge in [0.25, 0.3) is 0 Å². The number of rotatable bonds is 13. The van der Waals surface area contributed by atoms with E-state index < -0.39 is 0 Å². The number of ether oxygens (including phenoxy) is 2. The van der Waals surface area contributed by atoms with Gasteiger partial charge in [-0.15, -0.1) is 5.10 Å². The van der Waals surface area contributed by atoms with Crippen molar-refractivity contribution in [3.05, 3.63) is 11.9 Å². The Morgan fingerprint density at radius 2 is 1.96 bits per heavy atom. The van der Waals surface area contributed by atoms with Gasteiger partial charge in [0.1, 0.15) is 12.5 Å². The number of carbonyl (C=O) groups is 1. The predicted octanol–water partition coefficient (Wildman–Crippen LogP) is 2.30. The topological polar surface area (TPSA) is 78.3 Å². The molecule has 0 aliphatic carbocycles. The minimum absolute atomic E-state index is 0.139. The molecule has 1 rings (SSSR count). The molecule has 25 heavy (non-hydrogen) atoms. The molecule has 0 bridgehead atoms. The molecular weight excluding hydrogens is 320 g/mol. The Morgan fingerprint density at radius 3 is 2.60 bits per heavy atom. The highest BCUT2D eigenvalue weighted by Crippen LogP contribution is 2.26. The molecule has 1 aromatic rings. The second-order valence-electron chi connectivity index (χ2n) is 7.73. The second kappa shape index (κ2) is 9.99. The van der Waals surface area contributed by atoms with E-state index in [0.29, 0.717) is 26.4 Å². The smallest absolute Gasteiger partial charge is 0.141 e. The summed E-state index contributed by atoms with van der Waals surface area (Å²) >= 11 is 0. The second-order valence-corrected chi connectivity index (χ2v) is 7.73. The summed E-state index contributed by atoms with van der Waals surface area (Å²) in [5.74, 6) is 0.200. The van der Waals surface area contributed by atoms with Crippen LogP contribution in [0, 0.1) is 0 Å². The molecule has 0 aliphatic rings. The highest BCUT2D eigenvalue weighted by molar-refractivity contribution is 5.75. The van der Waals surface area contributed by atoms with Crippen molar-refractivity contribution in [2.45, 2.75) is 71.6 Å². The van der Waals surface area contributed by atoms with Gasteiger partial charge >= 0.3 is 0 Å². The van der Waals surface area contributed by atoms with E-state index >= 15 is 0 Å². The lowest BCUT2D eigenvalue weighted by Gasteiger charge is -2.28. The Bertz CT molecular complexity index is 526. The van der Waals surface area contributed by atoms with Crippen LogP contribution < -0.4 is 5.32 Å². The van der Waals surface area contributed by atoms with Gasteiger partial charge in [0.15, 0.2) is 0 Å². The minimum atomic E-state index is -0.291. The first kappa shape index (κ1) is 21.7. The highest BCUT2D eigenvalue weighted by Gasteiger charge is 2.26. The van der Waals surface area contributed by atoms with Crippen LogP contribution in [0.3, 0.4) is 0 Å². The van der Waals surface area contributed by atoms with E-state index in [4.69, 9.17) is 9.47 Å². The molecule has 0 atom stereocenters. The minimum Gasteiger partial charge on any atom is -0.376 e. The van der Waals surface area contributed by atoms with Crippen molar-refractivity contribution in [3.63, 3.8) is 0 Å². The first-order chi connectivity index (χ1) is 11.7. The van der Waals surface area contributed by atoms with E-state index in [1.165, 1.54) is 0 Å². The molecule has 1 heterocycles. The van der Waals surface area contributed by atoms with Crippen molar-refractivity contribution in [1.29, 1.82) is 0 Å². The molecule has 0 amide bonds. The Balaban J connectivity index is 2.44. The molecule has 1 N–H and O–H groups in total. The summed E-state index contributed by atoms with van der Waals surface area (Å²) in [5, 5.41) is 11.4. The maximum absolute atomic E-state index is 11.1. The normalized spacial score (nSPS) is 12.6. The van der Waals surface area contributed by atoms with Crippen molar-refractivity contribution < 1.29 is 14.3 Å². The molecule has 0 radical (unpaired) electrons. The molecule has 0 unspecified atom stereocenters. The van der Waals surface area contributed by atoms with E-state index in [1.807, 2.05) is 27.1 Å². The number of aromatic nitrogens is 3. The number of ketones is 1. The molecule has 1 aromatic heterocycles. The van der Waals surface area contributed by atoms with Gasteiger partial charge < -0.3 is 19.6 Å². The summed E-state index contributed by atoms with van der Waals surface area (Å²) in [6, 6.07) is 0. The van der Waals surface area contributed by atoms with E-state index in [2.05, 4.69) is 29.5 Å². The lowest BCUT2D eigenvalue weighted by Crippen LogP contribution is -2.28. The van der Waals surface area contributed by atoms with Crippen LogP contribution in [0.2, 0.25) is 0 Å². The van der Waals surface area contributed by atoms with Gasteiger partial charge in [0, 0.05) is 25.0 Å². The molecule has 0 aromatic carbocycles. The Labute approximate surface area is 151 Å². The maximum atomic E-state index is 11.1. The summed E-state index contributed by atoms with van der Waals surface area (Å²) in [7, 11) is 1.89. The van der Waals surface area contributed by atoms with Gasteiger partial charge in [-0.3, -0.25) is 0 Å². The average molecular weight is 354 g/mol. The number of likely N-dealkylation sites (N-methyl/N-ethyl adjacent to an activating group) is 1. The van der Waals surface area contributed by atoms with Crippen LogP contribution >= 0.6 is 0 Å². The fourth-order valence-corrected chi connectivity index (χ4v) is 2.26. The average Bonchev–Trinajstić information content (AvgIpc) is 2.99. The summed E-state index contributed by atoms with van der Waals surface area (Å²) in [5.41, 5.74) is 0.496. The SMILES string of the molecule is CNCCOCn1cc(C(C)(C)CCOC(C)(C)CCC(C)=O)nn1. The lowest BCUT2D eigenvalue weighted by atomic mass is 9.86. The molecule has 144 valence electrons. The molecule has 0 saturated carbocycles. The van der Waals surface area contributed by atoms with E-state index in [1.54, 1.807) is 11.6 Å². The first-order valence-corrected chi connectivity index (χ1v) is 8.93. The monoisotopic (exact) mass is 354 g/mol. The van der Waals surface area contributed by atoms with E-state index in [-0.39, 0.29) is 16.8 Å². The zero-order valence-corrected chi connectivity index (χ0v) is 16.6. The van der Waals surface area contributed by atoms with Gasteiger partial charge in [-0.2, -0.15) is 0 Å². The van der Waals surface area contributed by atoms with Crippen molar-refractivity contribution in [1.82, 2.24) is 20.3 Å². The van der Waals surface area contributed by atoms with Gasteiger partial charge in [0.05, 0.1) is 24.1 Å². The lowest BCUT2D eigenvalue weighted by molar-refractivity contribution is -0.118. The summed E-state index contributed by atoms with van der Waals surface area (Å²) in [4.78, 5) is 11.1. The fraction of sp³-hybridized carbons (Fsp3) is 0.833. The van der Waals surface area contributed by atoms with Crippen LogP contribution in [-0.2, 0) is 26.4 Å². The standard InChI is InChI=1S/C18H34N4O3/c1-15(23)7-8-18(4,5)25-11-9-17(2,3)16-13-22(21-20-16)14-24-12-10-19-6/h13,19H,7-12,14H2,1-6H3. The Kier molecular flexibility index (Phi) is 8.68. The highest BCUT2D eigenvalue weighted by atomic mass is 16.5. The number of nitrogens with one attached hydrogen (secondary N) is 1. The molecule has 0 saturated heterocycles. The van der Waals surface area contributed by atoms with Crippen molar-refractivity contribution in [2.24, 2.45) is 0 Å². The zero-order chi connectivity index (χ0) is 18.9. The van der Waals surface area contributed by atoms with Crippen LogP contribution in [0.1, 0.15) is 59.6 Å². The fourth-order valence-electron chi connectivity index (χ4n) is 2.26. The molecule has 0 fully saturated rings.